The molecule has 7 nitrogen and oxygen atoms in total. The molecule has 0 unspecified atom stereocenters. The van der Waals surface area contributed by atoms with Gasteiger partial charge in [-0.25, -0.2) is 0 Å². The first-order chi connectivity index (χ1) is 16.0. The first-order valence-electron chi connectivity index (χ1n) is 10.1. The number of halogens is 1. The maximum atomic E-state index is 10.9. The normalized spacial score (nSPS) is 10.7. The molecule has 33 heavy (non-hydrogen) atoms. The fourth-order valence-electron chi connectivity index (χ4n) is 3.09. The van der Waals surface area contributed by atoms with Crippen LogP contribution in [0.2, 0.25) is 5.02 Å². The number of nitro groups is 1. The van der Waals surface area contributed by atoms with Crippen molar-refractivity contribution in [3.63, 3.8) is 0 Å². The minimum Gasteiger partial charge on any atom is -0.493 e. The lowest BCUT2D eigenvalue weighted by Gasteiger charge is -2.16. The summed E-state index contributed by atoms with van der Waals surface area (Å²) in [6, 6.07) is 17.4. The third-order valence-corrected chi connectivity index (χ3v) is 4.92. The summed E-state index contributed by atoms with van der Waals surface area (Å²) in [4.78, 5) is 15.8. The Kier molecular flexibility index (Phi) is 8.43. The molecule has 0 bridgehead atoms. The molecule has 3 aromatic carbocycles. The molecule has 0 fully saturated rings. The second-order valence-corrected chi connectivity index (χ2v) is 7.49. The van der Waals surface area contributed by atoms with Crippen molar-refractivity contribution in [3.8, 4) is 11.5 Å². The summed E-state index contributed by atoms with van der Waals surface area (Å²) in [5, 5.41) is 15.5. The largest absolute Gasteiger partial charge is 0.493 e. The molecule has 0 amide bonds. The van der Waals surface area contributed by atoms with Gasteiger partial charge in [0.2, 0.25) is 0 Å². The van der Waals surface area contributed by atoms with Crippen LogP contribution in [-0.2, 0) is 24.5 Å². The second-order valence-electron chi connectivity index (χ2n) is 7.05. The van der Waals surface area contributed by atoms with Crippen molar-refractivity contribution < 1.29 is 19.2 Å². The summed E-state index contributed by atoms with van der Waals surface area (Å²) in [5.74, 6) is 1.19. The quantitative estimate of drug-likeness (QED) is 0.147. The van der Waals surface area contributed by atoms with E-state index in [0.717, 1.165) is 16.7 Å². The van der Waals surface area contributed by atoms with Gasteiger partial charge < -0.3 is 14.3 Å². The van der Waals surface area contributed by atoms with Crippen molar-refractivity contribution >= 4 is 23.5 Å². The molecule has 3 aromatic rings. The lowest BCUT2D eigenvalue weighted by Crippen LogP contribution is -2.02. The van der Waals surface area contributed by atoms with E-state index in [9.17, 15) is 10.1 Å². The van der Waals surface area contributed by atoms with Crippen LogP contribution in [0.3, 0.4) is 0 Å². The molecule has 0 saturated heterocycles. The van der Waals surface area contributed by atoms with Gasteiger partial charge in [0, 0.05) is 28.3 Å². The molecule has 0 atom stereocenters. The van der Waals surface area contributed by atoms with Gasteiger partial charge in [0.25, 0.3) is 5.69 Å². The van der Waals surface area contributed by atoms with Crippen molar-refractivity contribution in [2.45, 2.75) is 19.6 Å². The Morgan fingerprint density at radius 1 is 1.09 bits per heavy atom. The van der Waals surface area contributed by atoms with E-state index in [1.807, 2.05) is 30.3 Å². The number of ether oxygens (including phenoxy) is 2. The molecule has 3 rings (SSSR count). The smallest absolute Gasteiger partial charge is 0.269 e. The Balaban J connectivity index is 1.72. The summed E-state index contributed by atoms with van der Waals surface area (Å²) in [6.07, 6.45) is 3.90. The molecule has 0 aliphatic heterocycles. The van der Waals surface area contributed by atoms with Crippen LogP contribution in [0.25, 0.3) is 0 Å². The van der Waals surface area contributed by atoms with Gasteiger partial charge in [0.15, 0.2) is 11.5 Å². The lowest BCUT2D eigenvalue weighted by atomic mass is 10.1. The highest BCUT2D eigenvalue weighted by atomic mass is 35.5. The van der Waals surface area contributed by atoms with Crippen molar-refractivity contribution in [2.75, 3.05) is 7.11 Å². The van der Waals surface area contributed by atoms with Gasteiger partial charge in [-0.1, -0.05) is 47.1 Å². The van der Waals surface area contributed by atoms with E-state index in [4.69, 9.17) is 25.9 Å². The fraction of sp³-hybridized carbons (Fsp3) is 0.160. The first-order valence-corrected chi connectivity index (χ1v) is 10.5. The van der Waals surface area contributed by atoms with Gasteiger partial charge in [-0.3, -0.25) is 10.1 Å². The van der Waals surface area contributed by atoms with Crippen LogP contribution >= 0.6 is 11.6 Å². The summed E-state index contributed by atoms with van der Waals surface area (Å²) < 4.78 is 11.6. The number of hydrogen-bond acceptors (Lipinski definition) is 6. The predicted octanol–water partition coefficient (Wildman–Crippen LogP) is 6.12. The maximum Gasteiger partial charge on any atom is 0.269 e. The standard InChI is InChI=1S/C25H23ClN2O5/c1-3-5-21-12-20(15-27-33-17-19-6-4-7-23(13-19)28(29)30)14-24(31-2)25(21)32-16-18-8-10-22(26)11-9-18/h3-4,6-15H,1,5,16-17H2,2H3/b27-15-. The summed E-state index contributed by atoms with van der Waals surface area (Å²) >= 11 is 5.95. The Hall–Kier alpha value is -3.84. The number of non-ortho nitro benzene ring substituents is 1. The summed E-state index contributed by atoms with van der Waals surface area (Å²) in [6.45, 7) is 4.29. The Bertz CT molecular complexity index is 1150. The van der Waals surface area contributed by atoms with Gasteiger partial charge in [0.05, 0.1) is 18.2 Å². The Labute approximate surface area is 197 Å². The van der Waals surface area contributed by atoms with Crippen molar-refractivity contribution in [1.29, 1.82) is 0 Å². The minimum atomic E-state index is -0.448. The minimum absolute atomic E-state index is 0.00747. The van der Waals surface area contributed by atoms with Gasteiger partial charge >= 0.3 is 0 Å². The van der Waals surface area contributed by atoms with Gasteiger partial charge in [-0.2, -0.15) is 0 Å². The van der Waals surface area contributed by atoms with Crippen LogP contribution in [0.1, 0.15) is 22.3 Å². The van der Waals surface area contributed by atoms with Crippen molar-refractivity contribution in [2.24, 2.45) is 5.16 Å². The van der Waals surface area contributed by atoms with Gasteiger partial charge in [0.1, 0.15) is 13.2 Å². The number of benzene rings is 3. The van der Waals surface area contributed by atoms with Crippen LogP contribution in [0.15, 0.2) is 78.5 Å². The number of rotatable bonds is 11. The third-order valence-electron chi connectivity index (χ3n) is 4.66. The highest BCUT2D eigenvalue weighted by Gasteiger charge is 2.13. The SMILES string of the molecule is C=CCc1cc(/C=N\OCc2cccc([N+](=O)[O-])c2)cc(OC)c1OCc1ccc(Cl)cc1. The number of nitro benzene ring substituents is 1. The molecule has 0 radical (unpaired) electrons. The number of hydrogen-bond donors (Lipinski definition) is 0. The van der Waals surface area contributed by atoms with Gasteiger partial charge in [-0.15, -0.1) is 6.58 Å². The van der Waals surface area contributed by atoms with Crippen LogP contribution in [0, 0.1) is 10.1 Å². The third kappa shape index (κ3) is 6.82. The number of oxime groups is 1. The van der Waals surface area contributed by atoms with E-state index in [2.05, 4.69) is 11.7 Å². The molecule has 170 valence electrons. The average molecular weight is 467 g/mol. The predicted molar refractivity (Wildman–Crippen MR) is 128 cm³/mol. The number of allylic oxidation sites excluding steroid dienone is 1. The van der Waals surface area contributed by atoms with E-state index >= 15 is 0 Å². The van der Waals surface area contributed by atoms with Crippen molar-refractivity contribution in [1.82, 2.24) is 0 Å². The first kappa shape index (κ1) is 23.8. The number of nitrogens with zero attached hydrogens (tertiary/aromatic N) is 2. The topological polar surface area (TPSA) is 83.2 Å². The monoisotopic (exact) mass is 466 g/mol. The molecular weight excluding hydrogens is 444 g/mol. The summed E-state index contributed by atoms with van der Waals surface area (Å²) in [7, 11) is 1.57. The van der Waals surface area contributed by atoms with E-state index in [1.54, 1.807) is 37.6 Å². The van der Waals surface area contributed by atoms with Crippen LogP contribution in [0.5, 0.6) is 11.5 Å². The zero-order valence-corrected chi connectivity index (χ0v) is 18.8. The molecule has 8 heteroatoms. The van der Waals surface area contributed by atoms with Crippen molar-refractivity contribution in [3.05, 3.63) is 111 Å². The maximum absolute atomic E-state index is 10.9. The molecule has 0 saturated carbocycles. The molecule has 0 aromatic heterocycles. The van der Waals surface area contributed by atoms with Gasteiger partial charge in [-0.05, 0) is 41.8 Å². The molecule has 0 spiro atoms. The molecule has 0 N–H and O–H groups in total. The average Bonchev–Trinajstić information content (AvgIpc) is 2.82. The van der Waals surface area contributed by atoms with E-state index in [0.29, 0.717) is 35.1 Å². The van der Waals surface area contributed by atoms with E-state index < -0.39 is 4.92 Å². The van der Waals surface area contributed by atoms with E-state index in [-0.39, 0.29) is 12.3 Å². The molecule has 0 heterocycles. The van der Waals surface area contributed by atoms with Crippen LogP contribution in [0.4, 0.5) is 5.69 Å². The number of methoxy groups -OCH3 is 1. The molecule has 0 aliphatic rings. The second kappa shape index (κ2) is 11.7. The zero-order valence-electron chi connectivity index (χ0n) is 18.1. The summed E-state index contributed by atoms with van der Waals surface area (Å²) in [5.41, 5.74) is 3.27. The van der Waals surface area contributed by atoms with Crippen LogP contribution < -0.4 is 9.47 Å². The Morgan fingerprint density at radius 2 is 1.88 bits per heavy atom. The zero-order chi connectivity index (χ0) is 23.6. The highest BCUT2D eigenvalue weighted by molar-refractivity contribution is 6.30. The highest BCUT2D eigenvalue weighted by Crippen LogP contribution is 2.34. The van der Waals surface area contributed by atoms with Crippen LogP contribution in [-0.4, -0.2) is 18.2 Å². The fourth-order valence-corrected chi connectivity index (χ4v) is 3.21. The lowest BCUT2D eigenvalue weighted by molar-refractivity contribution is -0.384. The molecular formula is C25H23ClN2O5. The Morgan fingerprint density at radius 3 is 2.58 bits per heavy atom. The molecule has 0 aliphatic carbocycles. The van der Waals surface area contributed by atoms with E-state index in [1.165, 1.54) is 12.1 Å².